The van der Waals surface area contributed by atoms with E-state index in [1.165, 1.54) is 0 Å². The van der Waals surface area contributed by atoms with Crippen molar-refractivity contribution in [2.24, 2.45) is 5.73 Å². The average Bonchev–Trinajstić information content (AvgIpc) is 2.52. The fourth-order valence-electron chi connectivity index (χ4n) is 1.44. The summed E-state index contributed by atoms with van der Waals surface area (Å²) in [6.45, 7) is 1.50. The summed E-state index contributed by atoms with van der Waals surface area (Å²) in [7, 11) is 0. The van der Waals surface area contributed by atoms with Crippen molar-refractivity contribution in [2.45, 2.75) is 13.0 Å². The van der Waals surface area contributed by atoms with E-state index in [0.29, 0.717) is 6.54 Å². The molecule has 2 rings (SSSR count). The molecule has 0 aliphatic heterocycles. The zero-order valence-electron chi connectivity index (χ0n) is 7.95. The topological polar surface area (TPSA) is 56.7 Å². The SMILES string of the molecule is NCCCn1cc(Br)c2cnc(Cl)nc21. The maximum Gasteiger partial charge on any atom is 0.224 e. The van der Waals surface area contributed by atoms with E-state index in [2.05, 4.69) is 25.9 Å². The van der Waals surface area contributed by atoms with Crippen LogP contribution in [0.3, 0.4) is 0 Å². The molecule has 4 nitrogen and oxygen atoms in total. The number of halogens is 2. The third kappa shape index (κ3) is 2.14. The molecule has 2 heterocycles. The minimum atomic E-state index is 0.266. The predicted molar refractivity (Wildman–Crippen MR) is 63.9 cm³/mol. The lowest BCUT2D eigenvalue weighted by atomic mass is 10.4. The van der Waals surface area contributed by atoms with E-state index in [1.807, 2.05) is 10.8 Å². The molecule has 2 aromatic heterocycles. The van der Waals surface area contributed by atoms with Gasteiger partial charge >= 0.3 is 0 Å². The van der Waals surface area contributed by atoms with Crippen LogP contribution in [0.4, 0.5) is 0 Å². The molecule has 0 bridgehead atoms. The van der Waals surface area contributed by atoms with Crippen LogP contribution >= 0.6 is 27.5 Å². The van der Waals surface area contributed by atoms with Crippen LogP contribution in [0.15, 0.2) is 16.9 Å². The van der Waals surface area contributed by atoms with Gasteiger partial charge in [-0.2, -0.15) is 4.98 Å². The summed E-state index contributed by atoms with van der Waals surface area (Å²) < 4.78 is 3.01. The molecule has 0 fully saturated rings. The van der Waals surface area contributed by atoms with Crippen LogP contribution < -0.4 is 5.73 Å². The molecule has 0 unspecified atom stereocenters. The van der Waals surface area contributed by atoms with Crippen molar-refractivity contribution in [3.63, 3.8) is 0 Å². The molecule has 0 amide bonds. The monoisotopic (exact) mass is 288 g/mol. The lowest BCUT2D eigenvalue weighted by molar-refractivity contribution is 0.665. The van der Waals surface area contributed by atoms with Crippen molar-refractivity contribution in [1.82, 2.24) is 14.5 Å². The highest BCUT2D eigenvalue weighted by atomic mass is 79.9. The Hall–Kier alpha value is -0.650. The molecule has 80 valence electrons. The van der Waals surface area contributed by atoms with Gasteiger partial charge in [-0.25, -0.2) is 4.98 Å². The fraction of sp³-hybridized carbons (Fsp3) is 0.333. The second-order valence-electron chi connectivity index (χ2n) is 3.19. The van der Waals surface area contributed by atoms with Gasteiger partial charge in [0.05, 0.1) is 5.39 Å². The summed E-state index contributed by atoms with van der Waals surface area (Å²) in [5.41, 5.74) is 6.32. The minimum absolute atomic E-state index is 0.266. The molecule has 0 radical (unpaired) electrons. The van der Waals surface area contributed by atoms with E-state index in [-0.39, 0.29) is 5.28 Å². The molecule has 0 aromatic carbocycles. The summed E-state index contributed by atoms with van der Waals surface area (Å²) in [4.78, 5) is 8.14. The minimum Gasteiger partial charge on any atom is -0.331 e. The fourth-order valence-corrected chi connectivity index (χ4v) is 2.09. The summed E-state index contributed by atoms with van der Waals surface area (Å²) in [6, 6.07) is 0. The Labute approximate surface area is 101 Å². The van der Waals surface area contributed by atoms with Gasteiger partial charge in [-0.15, -0.1) is 0 Å². The average molecular weight is 290 g/mol. The van der Waals surface area contributed by atoms with Gasteiger partial charge in [0.1, 0.15) is 5.65 Å². The van der Waals surface area contributed by atoms with Crippen molar-refractivity contribution in [3.8, 4) is 0 Å². The lowest BCUT2D eigenvalue weighted by Crippen LogP contribution is -2.05. The van der Waals surface area contributed by atoms with Gasteiger partial charge in [-0.1, -0.05) is 0 Å². The van der Waals surface area contributed by atoms with Crippen LogP contribution in [0.1, 0.15) is 6.42 Å². The van der Waals surface area contributed by atoms with Gasteiger partial charge in [0.25, 0.3) is 0 Å². The third-order valence-corrected chi connectivity index (χ3v) is 2.95. The molecule has 0 atom stereocenters. The number of hydrogen-bond acceptors (Lipinski definition) is 3. The number of aromatic nitrogens is 3. The number of nitrogens with two attached hydrogens (primary N) is 1. The molecule has 0 saturated carbocycles. The second-order valence-corrected chi connectivity index (χ2v) is 4.38. The molecule has 0 saturated heterocycles. The molecule has 2 aromatic rings. The van der Waals surface area contributed by atoms with Crippen molar-refractivity contribution < 1.29 is 0 Å². The van der Waals surface area contributed by atoms with Crippen LogP contribution in [0, 0.1) is 0 Å². The first-order valence-corrected chi connectivity index (χ1v) is 5.76. The first-order valence-electron chi connectivity index (χ1n) is 4.59. The van der Waals surface area contributed by atoms with Gasteiger partial charge in [0.2, 0.25) is 5.28 Å². The number of aryl methyl sites for hydroxylation is 1. The smallest absolute Gasteiger partial charge is 0.224 e. The molecule has 0 aliphatic carbocycles. The van der Waals surface area contributed by atoms with Gasteiger partial charge in [0, 0.05) is 23.4 Å². The first-order chi connectivity index (χ1) is 7.22. The quantitative estimate of drug-likeness (QED) is 0.881. The Morgan fingerprint density at radius 2 is 2.33 bits per heavy atom. The van der Waals surface area contributed by atoms with E-state index in [4.69, 9.17) is 17.3 Å². The van der Waals surface area contributed by atoms with Gasteiger partial charge < -0.3 is 10.3 Å². The van der Waals surface area contributed by atoms with E-state index in [9.17, 15) is 0 Å². The molecule has 0 aliphatic rings. The zero-order chi connectivity index (χ0) is 10.8. The Balaban J connectivity index is 2.49. The molecule has 0 spiro atoms. The maximum absolute atomic E-state index is 5.76. The van der Waals surface area contributed by atoms with Crippen LogP contribution in [-0.4, -0.2) is 21.1 Å². The van der Waals surface area contributed by atoms with E-state index >= 15 is 0 Å². The standard InChI is InChI=1S/C9H10BrClN4/c10-7-5-15(3-1-2-12)8-6(7)4-13-9(11)14-8/h4-5H,1-3,12H2. The number of fused-ring (bicyclic) bond motifs is 1. The lowest BCUT2D eigenvalue weighted by Gasteiger charge is -2.02. The van der Waals surface area contributed by atoms with E-state index < -0.39 is 0 Å². The van der Waals surface area contributed by atoms with Gasteiger partial charge in [-0.3, -0.25) is 0 Å². The van der Waals surface area contributed by atoms with E-state index in [1.54, 1.807) is 6.20 Å². The Kier molecular flexibility index (Phi) is 3.23. The Morgan fingerprint density at radius 3 is 3.07 bits per heavy atom. The van der Waals surface area contributed by atoms with Crippen molar-refractivity contribution in [2.75, 3.05) is 6.54 Å². The summed E-state index contributed by atoms with van der Waals surface area (Å²) in [6.07, 6.45) is 4.61. The summed E-state index contributed by atoms with van der Waals surface area (Å²) >= 11 is 9.22. The van der Waals surface area contributed by atoms with Gasteiger partial charge in [-0.05, 0) is 40.5 Å². The van der Waals surface area contributed by atoms with Crippen LogP contribution in [0.25, 0.3) is 11.0 Å². The molecule has 15 heavy (non-hydrogen) atoms. The highest BCUT2D eigenvalue weighted by molar-refractivity contribution is 9.10. The predicted octanol–water partition coefficient (Wildman–Crippen LogP) is 2.20. The summed E-state index contributed by atoms with van der Waals surface area (Å²) in [5.74, 6) is 0. The summed E-state index contributed by atoms with van der Waals surface area (Å²) in [5, 5.41) is 1.23. The van der Waals surface area contributed by atoms with Gasteiger partial charge in [0.15, 0.2) is 0 Å². The molecular formula is C9H10BrClN4. The highest BCUT2D eigenvalue weighted by Crippen LogP contribution is 2.25. The van der Waals surface area contributed by atoms with Crippen LogP contribution in [-0.2, 0) is 6.54 Å². The Bertz CT molecular complexity index is 482. The van der Waals surface area contributed by atoms with Crippen LogP contribution in [0.5, 0.6) is 0 Å². The highest BCUT2D eigenvalue weighted by Gasteiger charge is 2.08. The largest absolute Gasteiger partial charge is 0.331 e. The van der Waals surface area contributed by atoms with Crippen molar-refractivity contribution in [3.05, 3.63) is 22.1 Å². The van der Waals surface area contributed by atoms with Crippen LogP contribution in [0.2, 0.25) is 5.28 Å². The molecule has 2 N–H and O–H groups in total. The van der Waals surface area contributed by atoms with Crippen molar-refractivity contribution in [1.29, 1.82) is 0 Å². The zero-order valence-corrected chi connectivity index (χ0v) is 10.3. The first kappa shape index (κ1) is 10.9. The molecule has 6 heteroatoms. The number of hydrogen-bond donors (Lipinski definition) is 1. The van der Waals surface area contributed by atoms with Crippen molar-refractivity contribution >= 4 is 38.6 Å². The number of nitrogens with zero attached hydrogens (tertiary/aromatic N) is 3. The third-order valence-electron chi connectivity index (χ3n) is 2.14. The van der Waals surface area contributed by atoms with E-state index in [0.717, 1.165) is 28.5 Å². The molecular weight excluding hydrogens is 279 g/mol. The normalized spacial score (nSPS) is 11.1. The maximum atomic E-state index is 5.76. The Morgan fingerprint density at radius 1 is 1.53 bits per heavy atom. The second kappa shape index (κ2) is 4.47. The number of rotatable bonds is 3.